The minimum absolute atomic E-state index is 0.0779. The minimum atomic E-state index is -0.569. The van der Waals surface area contributed by atoms with Crippen molar-refractivity contribution >= 4 is 27.6 Å². The largest absolute Gasteiger partial charge is 0.484 e. The molecule has 1 saturated heterocycles. The number of hydrogen-bond acceptors (Lipinski definition) is 3. The number of benzene rings is 2. The lowest BCUT2D eigenvalue weighted by Crippen LogP contribution is -2.45. The second kappa shape index (κ2) is 6.30. The molecule has 0 radical (unpaired) electrons. The lowest BCUT2D eigenvalue weighted by Gasteiger charge is -2.34. The maximum Gasteiger partial charge on any atom is 0.227 e. The first-order valence-corrected chi connectivity index (χ1v) is 9.17. The highest BCUT2D eigenvalue weighted by Gasteiger charge is 2.46. The predicted octanol–water partition coefficient (Wildman–Crippen LogP) is 3.63. The van der Waals surface area contributed by atoms with Gasteiger partial charge in [0.15, 0.2) is 5.78 Å². The number of ketones is 1. The summed E-state index contributed by atoms with van der Waals surface area (Å²) in [5.74, 6) is 0.819. The first-order valence-electron chi connectivity index (χ1n) is 8.38. The van der Waals surface area contributed by atoms with Crippen LogP contribution in [-0.4, -0.2) is 35.3 Å². The Morgan fingerprint density at radius 1 is 1.16 bits per heavy atom. The Hall–Kier alpha value is -2.14. The third-order valence-electron chi connectivity index (χ3n) is 4.93. The Morgan fingerprint density at radius 2 is 1.92 bits per heavy atom. The monoisotopic (exact) mass is 399 g/mol. The van der Waals surface area contributed by atoms with Crippen molar-refractivity contribution < 1.29 is 14.3 Å². The van der Waals surface area contributed by atoms with Crippen molar-refractivity contribution in [2.45, 2.75) is 24.9 Å². The highest BCUT2D eigenvalue weighted by molar-refractivity contribution is 9.10. The van der Waals surface area contributed by atoms with Crippen molar-refractivity contribution in [1.82, 2.24) is 4.90 Å². The fourth-order valence-corrected chi connectivity index (χ4v) is 3.88. The predicted molar refractivity (Wildman–Crippen MR) is 97.8 cm³/mol. The van der Waals surface area contributed by atoms with Crippen LogP contribution in [0.1, 0.15) is 28.8 Å². The van der Waals surface area contributed by atoms with Gasteiger partial charge in [0.05, 0.1) is 24.9 Å². The Morgan fingerprint density at radius 3 is 2.72 bits per heavy atom. The van der Waals surface area contributed by atoms with Crippen LogP contribution in [0.4, 0.5) is 0 Å². The molecule has 1 atom stereocenters. The molecule has 0 aromatic heterocycles. The van der Waals surface area contributed by atoms with Crippen molar-refractivity contribution in [3.8, 4) is 5.75 Å². The van der Waals surface area contributed by atoms with E-state index in [1.54, 1.807) is 6.07 Å². The first kappa shape index (κ1) is 16.3. The van der Waals surface area contributed by atoms with Crippen LogP contribution in [-0.2, 0) is 11.2 Å². The van der Waals surface area contributed by atoms with Gasteiger partial charge in [0.2, 0.25) is 5.91 Å². The number of halogens is 1. The van der Waals surface area contributed by atoms with E-state index in [4.69, 9.17) is 4.74 Å². The third kappa shape index (κ3) is 3.21. The lowest BCUT2D eigenvalue weighted by atomic mass is 9.89. The molecule has 128 valence electrons. The Kier molecular flexibility index (Phi) is 4.12. The van der Waals surface area contributed by atoms with Crippen LogP contribution < -0.4 is 4.74 Å². The number of hydrogen-bond donors (Lipinski definition) is 0. The fraction of sp³-hybridized carbons (Fsp3) is 0.300. The van der Waals surface area contributed by atoms with Crippen LogP contribution in [0, 0.1) is 0 Å². The van der Waals surface area contributed by atoms with Crippen LogP contribution in [0.25, 0.3) is 0 Å². The standard InChI is InChI=1S/C20H18BrNO3/c21-15-7-5-14(6-8-15)11-19(24)22-10-9-20(13-22)12-17(23)16-3-1-2-4-18(16)25-20/h1-8H,9-13H2. The summed E-state index contributed by atoms with van der Waals surface area (Å²) in [5, 5.41) is 0. The van der Waals surface area contributed by atoms with Crippen molar-refractivity contribution in [3.05, 3.63) is 64.1 Å². The van der Waals surface area contributed by atoms with Gasteiger partial charge in [-0.05, 0) is 29.8 Å². The molecular weight excluding hydrogens is 382 g/mol. The molecule has 2 aliphatic rings. The number of para-hydroxylation sites is 1. The summed E-state index contributed by atoms with van der Waals surface area (Å²) in [6, 6.07) is 15.1. The number of likely N-dealkylation sites (tertiary alicyclic amines) is 1. The van der Waals surface area contributed by atoms with Gasteiger partial charge in [0, 0.05) is 17.4 Å². The fourth-order valence-electron chi connectivity index (χ4n) is 3.62. The first-order chi connectivity index (χ1) is 12.0. The van der Waals surface area contributed by atoms with E-state index in [0.29, 0.717) is 43.7 Å². The highest BCUT2D eigenvalue weighted by atomic mass is 79.9. The molecule has 1 amide bonds. The maximum atomic E-state index is 12.6. The molecule has 1 spiro atoms. The SMILES string of the molecule is O=C1CC2(CCN(C(=O)Cc3ccc(Br)cc3)C2)Oc2ccccc21. The molecule has 2 aromatic rings. The van der Waals surface area contributed by atoms with E-state index in [1.165, 1.54) is 0 Å². The second-order valence-electron chi connectivity index (χ2n) is 6.75. The molecule has 0 N–H and O–H groups in total. The summed E-state index contributed by atoms with van der Waals surface area (Å²) in [5.41, 5.74) is 1.06. The van der Waals surface area contributed by atoms with Gasteiger partial charge >= 0.3 is 0 Å². The molecule has 2 aromatic carbocycles. The van der Waals surface area contributed by atoms with E-state index in [1.807, 2.05) is 47.4 Å². The molecule has 0 aliphatic carbocycles. The van der Waals surface area contributed by atoms with E-state index in [0.717, 1.165) is 10.0 Å². The summed E-state index contributed by atoms with van der Waals surface area (Å²) < 4.78 is 7.17. The molecule has 0 bridgehead atoms. The number of ether oxygens (including phenoxy) is 1. The topological polar surface area (TPSA) is 46.6 Å². The van der Waals surface area contributed by atoms with E-state index >= 15 is 0 Å². The average Bonchev–Trinajstić information content (AvgIpc) is 3.00. The van der Waals surface area contributed by atoms with E-state index in [2.05, 4.69) is 15.9 Å². The van der Waals surface area contributed by atoms with Crippen LogP contribution in [0.3, 0.4) is 0 Å². The zero-order valence-electron chi connectivity index (χ0n) is 13.7. The van der Waals surface area contributed by atoms with Gasteiger partial charge in [-0.1, -0.05) is 40.2 Å². The van der Waals surface area contributed by atoms with Gasteiger partial charge in [-0.15, -0.1) is 0 Å². The minimum Gasteiger partial charge on any atom is -0.484 e. The second-order valence-corrected chi connectivity index (χ2v) is 7.67. The summed E-state index contributed by atoms with van der Waals surface area (Å²) in [4.78, 5) is 26.9. The molecule has 1 fully saturated rings. The molecule has 1 unspecified atom stereocenters. The zero-order chi connectivity index (χ0) is 17.4. The quantitative estimate of drug-likeness (QED) is 0.774. The summed E-state index contributed by atoms with van der Waals surface area (Å²) in [7, 11) is 0. The van der Waals surface area contributed by atoms with Gasteiger partial charge < -0.3 is 9.64 Å². The van der Waals surface area contributed by atoms with Crippen molar-refractivity contribution in [2.75, 3.05) is 13.1 Å². The van der Waals surface area contributed by atoms with Crippen LogP contribution in [0.5, 0.6) is 5.75 Å². The van der Waals surface area contributed by atoms with E-state index in [9.17, 15) is 9.59 Å². The number of carbonyl (C=O) groups is 2. The van der Waals surface area contributed by atoms with E-state index in [-0.39, 0.29) is 11.7 Å². The molecule has 4 nitrogen and oxygen atoms in total. The maximum absolute atomic E-state index is 12.6. The molecular formula is C20H18BrNO3. The molecule has 0 saturated carbocycles. The van der Waals surface area contributed by atoms with Gasteiger partial charge in [0.25, 0.3) is 0 Å². The molecule has 4 rings (SSSR count). The van der Waals surface area contributed by atoms with Gasteiger partial charge in [-0.25, -0.2) is 0 Å². The van der Waals surface area contributed by atoms with Crippen molar-refractivity contribution in [1.29, 1.82) is 0 Å². The van der Waals surface area contributed by atoms with Crippen LogP contribution >= 0.6 is 15.9 Å². The third-order valence-corrected chi connectivity index (χ3v) is 5.46. The Labute approximate surface area is 154 Å². The van der Waals surface area contributed by atoms with E-state index < -0.39 is 5.60 Å². The average molecular weight is 400 g/mol. The summed E-state index contributed by atoms with van der Waals surface area (Å²) in [6.45, 7) is 1.10. The number of Topliss-reactive ketones (excluding diaryl/α,β-unsaturated/α-hetero) is 1. The zero-order valence-corrected chi connectivity index (χ0v) is 15.3. The molecule has 2 heterocycles. The summed E-state index contributed by atoms with van der Waals surface area (Å²) in [6.07, 6.45) is 1.40. The normalized spacial score (nSPS) is 22.0. The van der Waals surface area contributed by atoms with Crippen molar-refractivity contribution in [2.24, 2.45) is 0 Å². The van der Waals surface area contributed by atoms with Gasteiger partial charge in [0.1, 0.15) is 11.4 Å². The van der Waals surface area contributed by atoms with Gasteiger partial charge in [-0.3, -0.25) is 9.59 Å². The van der Waals surface area contributed by atoms with Crippen LogP contribution in [0.15, 0.2) is 53.0 Å². The molecule has 25 heavy (non-hydrogen) atoms. The molecule has 2 aliphatic heterocycles. The number of rotatable bonds is 2. The number of nitrogens with zero attached hydrogens (tertiary/aromatic N) is 1. The number of fused-ring (bicyclic) bond motifs is 1. The number of carbonyl (C=O) groups excluding carboxylic acids is 2. The highest BCUT2D eigenvalue weighted by Crippen LogP contribution is 2.38. The smallest absolute Gasteiger partial charge is 0.227 e. The Balaban J connectivity index is 1.47. The van der Waals surface area contributed by atoms with Crippen molar-refractivity contribution in [3.63, 3.8) is 0 Å². The summed E-state index contributed by atoms with van der Waals surface area (Å²) >= 11 is 3.40. The van der Waals surface area contributed by atoms with Crippen LogP contribution in [0.2, 0.25) is 0 Å². The molecule has 5 heteroatoms. The lowest BCUT2D eigenvalue weighted by molar-refractivity contribution is -0.130. The van der Waals surface area contributed by atoms with Gasteiger partial charge in [-0.2, -0.15) is 0 Å². The Bertz CT molecular complexity index is 833. The number of amides is 1.